The first-order valence-corrected chi connectivity index (χ1v) is 6.19. The van der Waals surface area contributed by atoms with Gasteiger partial charge in [-0.3, -0.25) is 4.79 Å². The standard InChI is InChI=1S/C14H20N2O/c1-14(7-4-8-14)10-16-13(17)9-11-5-2-3-6-12(11)15/h2-3,5-6H,4,7-10,15H2,1H3,(H,16,17). The number of para-hydroxylation sites is 1. The lowest BCUT2D eigenvalue weighted by atomic mass is 9.70. The molecule has 1 aromatic rings. The van der Waals surface area contributed by atoms with E-state index in [1.807, 2.05) is 24.3 Å². The fraction of sp³-hybridized carbons (Fsp3) is 0.500. The van der Waals surface area contributed by atoms with Gasteiger partial charge in [0.05, 0.1) is 6.42 Å². The summed E-state index contributed by atoms with van der Waals surface area (Å²) in [6.45, 7) is 3.02. The van der Waals surface area contributed by atoms with Gasteiger partial charge in [0.1, 0.15) is 0 Å². The fourth-order valence-corrected chi connectivity index (χ4v) is 2.20. The van der Waals surface area contributed by atoms with Gasteiger partial charge in [-0.05, 0) is 29.9 Å². The third-order valence-corrected chi connectivity index (χ3v) is 3.68. The molecule has 0 bridgehead atoms. The van der Waals surface area contributed by atoms with Gasteiger partial charge in [-0.25, -0.2) is 0 Å². The molecule has 3 N–H and O–H groups in total. The Bertz CT molecular complexity index is 410. The predicted molar refractivity (Wildman–Crippen MR) is 69.5 cm³/mol. The first kappa shape index (κ1) is 12.0. The van der Waals surface area contributed by atoms with E-state index in [-0.39, 0.29) is 5.91 Å². The molecule has 0 atom stereocenters. The second-order valence-electron chi connectivity index (χ2n) is 5.32. The number of nitrogen functional groups attached to an aromatic ring is 1. The average Bonchev–Trinajstić information content (AvgIpc) is 2.27. The van der Waals surface area contributed by atoms with Crippen LogP contribution in [-0.4, -0.2) is 12.5 Å². The summed E-state index contributed by atoms with van der Waals surface area (Å²) in [6.07, 6.45) is 4.11. The minimum absolute atomic E-state index is 0.0658. The average molecular weight is 232 g/mol. The van der Waals surface area contributed by atoms with Gasteiger partial charge in [-0.15, -0.1) is 0 Å². The lowest BCUT2D eigenvalue weighted by Gasteiger charge is -2.38. The van der Waals surface area contributed by atoms with Crippen LogP contribution in [0.1, 0.15) is 31.7 Å². The van der Waals surface area contributed by atoms with Gasteiger partial charge in [0.15, 0.2) is 0 Å². The Labute approximate surface area is 102 Å². The molecule has 0 heterocycles. The van der Waals surface area contributed by atoms with Gasteiger partial charge >= 0.3 is 0 Å². The molecule has 1 aliphatic carbocycles. The number of benzene rings is 1. The van der Waals surface area contributed by atoms with Crippen molar-refractivity contribution in [3.8, 4) is 0 Å². The number of carbonyl (C=O) groups is 1. The molecule has 17 heavy (non-hydrogen) atoms. The molecule has 1 fully saturated rings. The van der Waals surface area contributed by atoms with E-state index >= 15 is 0 Å². The molecule has 0 radical (unpaired) electrons. The first-order valence-electron chi connectivity index (χ1n) is 6.19. The maximum atomic E-state index is 11.8. The summed E-state index contributed by atoms with van der Waals surface area (Å²) in [6, 6.07) is 7.52. The van der Waals surface area contributed by atoms with E-state index in [0.29, 0.717) is 17.5 Å². The monoisotopic (exact) mass is 232 g/mol. The van der Waals surface area contributed by atoms with Crippen LogP contribution in [0.5, 0.6) is 0 Å². The molecule has 0 saturated heterocycles. The summed E-state index contributed by atoms with van der Waals surface area (Å²) in [5.74, 6) is 0.0658. The Hall–Kier alpha value is -1.51. The van der Waals surface area contributed by atoms with Crippen molar-refractivity contribution in [2.45, 2.75) is 32.6 Å². The van der Waals surface area contributed by atoms with Crippen molar-refractivity contribution in [2.75, 3.05) is 12.3 Å². The number of nitrogens with one attached hydrogen (secondary N) is 1. The second kappa shape index (κ2) is 4.78. The summed E-state index contributed by atoms with van der Waals surface area (Å²) in [7, 11) is 0. The van der Waals surface area contributed by atoms with Crippen LogP contribution in [0, 0.1) is 5.41 Å². The van der Waals surface area contributed by atoms with E-state index in [1.54, 1.807) is 0 Å². The highest BCUT2D eigenvalue weighted by Gasteiger charge is 2.31. The van der Waals surface area contributed by atoms with Crippen molar-refractivity contribution in [2.24, 2.45) is 5.41 Å². The van der Waals surface area contributed by atoms with Crippen LogP contribution < -0.4 is 11.1 Å². The van der Waals surface area contributed by atoms with E-state index in [2.05, 4.69) is 12.2 Å². The molecule has 1 saturated carbocycles. The Morgan fingerprint density at radius 2 is 2.12 bits per heavy atom. The number of amides is 1. The molecule has 1 aromatic carbocycles. The minimum atomic E-state index is 0.0658. The van der Waals surface area contributed by atoms with Crippen LogP contribution in [-0.2, 0) is 11.2 Å². The van der Waals surface area contributed by atoms with Crippen molar-refractivity contribution >= 4 is 11.6 Å². The fourth-order valence-electron chi connectivity index (χ4n) is 2.20. The van der Waals surface area contributed by atoms with Crippen LogP contribution in [0.25, 0.3) is 0 Å². The SMILES string of the molecule is CC1(CNC(=O)Cc2ccccc2N)CCC1. The molecule has 0 aromatic heterocycles. The highest BCUT2D eigenvalue weighted by atomic mass is 16.1. The minimum Gasteiger partial charge on any atom is -0.398 e. The maximum absolute atomic E-state index is 11.8. The Balaban J connectivity index is 1.83. The summed E-state index contributed by atoms with van der Waals surface area (Å²) in [5.41, 5.74) is 7.74. The molecule has 0 unspecified atom stereocenters. The molecular formula is C14H20N2O. The van der Waals surface area contributed by atoms with Crippen molar-refractivity contribution in [1.29, 1.82) is 0 Å². The number of hydrogen-bond acceptors (Lipinski definition) is 2. The van der Waals surface area contributed by atoms with Gasteiger partial charge in [0.25, 0.3) is 0 Å². The Morgan fingerprint density at radius 3 is 2.71 bits per heavy atom. The molecule has 0 spiro atoms. The van der Waals surface area contributed by atoms with Gasteiger partial charge in [0, 0.05) is 12.2 Å². The van der Waals surface area contributed by atoms with E-state index in [1.165, 1.54) is 19.3 Å². The molecular weight excluding hydrogens is 212 g/mol. The third kappa shape index (κ3) is 2.99. The van der Waals surface area contributed by atoms with Gasteiger partial charge in [-0.1, -0.05) is 31.5 Å². The molecule has 0 aliphatic heterocycles. The smallest absolute Gasteiger partial charge is 0.224 e. The normalized spacial score (nSPS) is 17.2. The number of hydrogen-bond donors (Lipinski definition) is 2. The van der Waals surface area contributed by atoms with E-state index < -0.39 is 0 Å². The zero-order chi connectivity index (χ0) is 12.3. The van der Waals surface area contributed by atoms with Crippen molar-refractivity contribution in [1.82, 2.24) is 5.32 Å². The van der Waals surface area contributed by atoms with E-state index in [4.69, 9.17) is 5.73 Å². The quantitative estimate of drug-likeness (QED) is 0.781. The lowest BCUT2D eigenvalue weighted by Crippen LogP contribution is -2.40. The van der Waals surface area contributed by atoms with Crippen molar-refractivity contribution in [3.63, 3.8) is 0 Å². The third-order valence-electron chi connectivity index (χ3n) is 3.68. The summed E-state index contributed by atoms with van der Waals surface area (Å²) in [5, 5.41) is 3.01. The zero-order valence-corrected chi connectivity index (χ0v) is 10.3. The van der Waals surface area contributed by atoms with Crippen LogP contribution >= 0.6 is 0 Å². The molecule has 1 aliphatic rings. The Kier molecular flexibility index (Phi) is 3.36. The predicted octanol–water partition coefficient (Wildman–Crippen LogP) is 2.12. The van der Waals surface area contributed by atoms with Crippen LogP contribution in [0.4, 0.5) is 5.69 Å². The molecule has 92 valence electrons. The lowest BCUT2D eigenvalue weighted by molar-refractivity contribution is -0.121. The number of nitrogens with two attached hydrogens (primary N) is 1. The maximum Gasteiger partial charge on any atom is 0.224 e. The summed E-state index contributed by atoms with van der Waals surface area (Å²) >= 11 is 0. The first-order chi connectivity index (χ1) is 8.09. The highest BCUT2D eigenvalue weighted by Crippen LogP contribution is 2.39. The number of rotatable bonds is 4. The van der Waals surface area contributed by atoms with Crippen LogP contribution in [0.3, 0.4) is 0 Å². The van der Waals surface area contributed by atoms with Gasteiger partial charge in [-0.2, -0.15) is 0 Å². The Morgan fingerprint density at radius 1 is 1.41 bits per heavy atom. The zero-order valence-electron chi connectivity index (χ0n) is 10.3. The molecule has 1 amide bonds. The molecule has 3 nitrogen and oxygen atoms in total. The number of anilines is 1. The van der Waals surface area contributed by atoms with E-state index in [0.717, 1.165) is 12.1 Å². The van der Waals surface area contributed by atoms with Crippen LogP contribution in [0.2, 0.25) is 0 Å². The summed E-state index contributed by atoms with van der Waals surface area (Å²) < 4.78 is 0. The highest BCUT2D eigenvalue weighted by molar-refractivity contribution is 5.80. The number of carbonyl (C=O) groups excluding carboxylic acids is 1. The topological polar surface area (TPSA) is 55.1 Å². The van der Waals surface area contributed by atoms with Gasteiger partial charge < -0.3 is 11.1 Å². The van der Waals surface area contributed by atoms with Gasteiger partial charge in [0.2, 0.25) is 5.91 Å². The second-order valence-corrected chi connectivity index (χ2v) is 5.32. The van der Waals surface area contributed by atoms with Crippen LogP contribution in [0.15, 0.2) is 24.3 Å². The molecule has 3 heteroatoms. The molecule has 2 rings (SSSR count). The summed E-state index contributed by atoms with van der Waals surface area (Å²) in [4.78, 5) is 11.8. The van der Waals surface area contributed by atoms with Crippen molar-refractivity contribution in [3.05, 3.63) is 29.8 Å². The van der Waals surface area contributed by atoms with Crippen molar-refractivity contribution < 1.29 is 4.79 Å². The largest absolute Gasteiger partial charge is 0.398 e. The van der Waals surface area contributed by atoms with E-state index in [9.17, 15) is 4.79 Å².